The van der Waals surface area contributed by atoms with Crippen molar-refractivity contribution in [3.63, 3.8) is 0 Å². The fraction of sp³-hybridized carbons (Fsp3) is 0.526. The molecular weight excluding hydrogens is 370 g/mol. The van der Waals surface area contributed by atoms with Crippen molar-refractivity contribution >= 4 is 23.1 Å². The largest absolute Gasteiger partial charge is 0.502 e. The van der Waals surface area contributed by atoms with Crippen molar-refractivity contribution in [2.75, 3.05) is 14.2 Å². The lowest BCUT2D eigenvalue weighted by Gasteiger charge is -2.40. The molecule has 0 spiro atoms. The maximum Gasteiger partial charge on any atom is 0.305 e. The molecule has 5 rings (SSSR count). The molecule has 2 aliphatic carbocycles. The molecule has 2 bridgehead atoms. The first-order chi connectivity index (χ1) is 12.6. The van der Waals surface area contributed by atoms with Crippen molar-refractivity contribution in [3.05, 3.63) is 32.2 Å². The molecule has 138 valence electrons. The Balaban J connectivity index is 1.70. The molecule has 1 aliphatic heterocycles. The lowest BCUT2D eigenvalue weighted by molar-refractivity contribution is 0.304. The molecule has 1 aromatic carbocycles. The third kappa shape index (κ3) is 2.26. The topological polar surface area (TPSA) is 71.6 Å². The van der Waals surface area contributed by atoms with Crippen LogP contribution in [0.2, 0.25) is 0 Å². The number of rotatable bonds is 3. The molecule has 2 aromatic rings. The van der Waals surface area contributed by atoms with Crippen LogP contribution in [0, 0.1) is 17.8 Å². The fourth-order valence-corrected chi connectivity index (χ4v) is 8.21. The molecule has 0 amide bonds. The number of ether oxygens (including phenoxy) is 2. The molecule has 3 aliphatic rings. The minimum Gasteiger partial charge on any atom is -0.502 e. The molecule has 5 atom stereocenters. The molecule has 0 unspecified atom stereocenters. The van der Waals surface area contributed by atoms with Crippen LogP contribution in [0.3, 0.4) is 0 Å². The maximum atomic E-state index is 12.1. The highest BCUT2D eigenvalue weighted by molar-refractivity contribution is 8.00. The van der Waals surface area contributed by atoms with Crippen LogP contribution in [0.1, 0.15) is 35.6 Å². The zero-order chi connectivity index (χ0) is 18.0. The smallest absolute Gasteiger partial charge is 0.305 e. The van der Waals surface area contributed by atoms with Gasteiger partial charge in [-0.15, -0.1) is 11.8 Å². The van der Waals surface area contributed by atoms with Crippen LogP contribution in [-0.2, 0) is 0 Å². The monoisotopic (exact) mass is 391 g/mol. The number of phenolic OH excluding ortho intramolecular Hbond substituents is 1. The van der Waals surface area contributed by atoms with Crippen LogP contribution < -0.4 is 14.3 Å². The Bertz CT molecular complexity index is 895. The summed E-state index contributed by atoms with van der Waals surface area (Å²) in [4.78, 5) is 16.3. The first-order valence-electron chi connectivity index (χ1n) is 8.95. The molecule has 0 saturated heterocycles. The summed E-state index contributed by atoms with van der Waals surface area (Å²) in [5.74, 6) is 2.99. The molecule has 1 aromatic heterocycles. The van der Waals surface area contributed by atoms with Gasteiger partial charge < -0.3 is 19.6 Å². The second kappa shape index (κ2) is 5.96. The Labute approximate surface area is 159 Å². The van der Waals surface area contributed by atoms with E-state index in [0.717, 1.165) is 21.4 Å². The van der Waals surface area contributed by atoms with Gasteiger partial charge in [-0.3, -0.25) is 4.79 Å². The van der Waals surface area contributed by atoms with E-state index in [0.29, 0.717) is 28.6 Å². The van der Waals surface area contributed by atoms with Crippen LogP contribution in [0.25, 0.3) is 0 Å². The number of thioether (sulfide) groups is 1. The van der Waals surface area contributed by atoms with E-state index in [1.807, 2.05) is 23.9 Å². The number of aromatic hydroxyl groups is 1. The quantitative estimate of drug-likeness (QED) is 0.832. The first kappa shape index (κ1) is 16.6. The SMILES string of the molecule is COc1cc([C@H]2c3sc(=O)[nH]c3S[C@H]3[C@@H]4CC[C@@H](C4)[C@H]23)cc(OC)c1O. The van der Waals surface area contributed by atoms with Crippen LogP contribution in [0.4, 0.5) is 0 Å². The van der Waals surface area contributed by atoms with Crippen molar-refractivity contribution in [3.8, 4) is 17.2 Å². The first-order valence-corrected chi connectivity index (χ1v) is 10.6. The second-order valence-corrected chi connectivity index (χ2v) is 9.66. The van der Waals surface area contributed by atoms with Crippen molar-refractivity contribution < 1.29 is 14.6 Å². The van der Waals surface area contributed by atoms with Crippen LogP contribution >= 0.6 is 23.1 Å². The van der Waals surface area contributed by atoms with E-state index < -0.39 is 0 Å². The zero-order valence-corrected chi connectivity index (χ0v) is 16.3. The van der Waals surface area contributed by atoms with Crippen LogP contribution in [-0.4, -0.2) is 29.6 Å². The standard InChI is InChI=1S/C19H21NO4S2/c1-23-11-6-10(7-12(24-2)15(11)21)14-13-8-3-4-9(5-8)16(13)25-18-17(14)26-19(22)20-18/h6-9,13-14,16,21H,3-5H2,1-2H3,(H,20,22)/t8-,9+,13+,14+,16-/m0/s1. The molecule has 2 N–H and O–H groups in total. The van der Waals surface area contributed by atoms with E-state index >= 15 is 0 Å². The van der Waals surface area contributed by atoms with Crippen molar-refractivity contribution in [1.82, 2.24) is 4.98 Å². The summed E-state index contributed by atoms with van der Waals surface area (Å²) in [6.45, 7) is 0. The van der Waals surface area contributed by atoms with Gasteiger partial charge in [-0.05, 0) is 54.7 Å². The van der Waals surface area contributed by atoms with Gasteiger partial charge in [0.15, 0.2) is 11.5 Å². The summed E-state index contributed by atoms with van der Waals surface area (Å²) in [5, 5.41) is 11.9. The average molecular weight is 392 g/mol. The van der Waals surface area contributed by atoms with E-state index in [1.54, 1.807) is 14.2 Å². The van der Waals surface area contributed by atoms with E-state index in [2.05, 4.69) is 4.98 Å². The highest BCUT2D eigenvalue weighted by Gasteiger charge is 2.54. The van der Waals surface area contributed by atoms with Crippen LogP contribution in [0.15, 0.2) is 22.0 Å². The van der Waals surface area contributed by atoms with Gasteiger partial charge in [0.2, 0.25) is 5.75 Å². The molecule has 7 heteroatoms. The van der Waals surface area contributed by atoms with E-state index in [-0.39, 0.29) is 16.5 Å². The van der Waals surface area contributed by atoms with Crippen molar-refractivity contribution in [2.45, 2.75) is 35.5 Å². The molecule has 26 heavy (non-hydrogen) atoms. The molecule has 5 nitrogen and oxygen atoms in total. The fourth-order valence-electron chi connectivity index (χ4n) is 5.32. The Morgan fingerprint density at radius 3 is 2.54 bits per heavy atom. The van der Waals surface area contributed by atoms with Gasteiger partial charge in [0.25, 0.3) is 0 Å². The molecule has 2 heterocycles. The van der Waals surface area contributed by atoms with Gasteiger partial charge in [-0.25, -0.2) is 0 Å². The zero-order valence-electron chi connectivity index (χ0n) is 14.7. The minimum atomic E-state index is 0.0116. The van der Waals surface area contributed by atoms with Gasteiger partial charge in [-0.2, -0.15) is 0 Å². The highest BCUT2D eigenvalue weighted by Crippen LogP contribution is 2.64. The number of thiazole rings is 1. The number of fused-ring (bicyclic) bond motifs is 6. The van der Waals surface area contributed by atoms with Gasteiger partial charge in [0, 0.05) is 16.0 Å². The number of nitrogens with one attached hydrogen (secondary N) is 1. The maximum absolute atomic E-state index is 12.1. The minimum absolute atomic E-state index is 0.0116. The molecule has 2 fully saturated rings. The summed E-state index contributed by atoms with van der Waals surface area (Å²) in [6, 6.07) is 3.82. The van der Waals surface area contributed by atoms with Crippen molar-refractivity contribution in [2.24, 2.45) is 17.8 Å². The number of phenols is 1. The number of aromatic amines is 1. The Hall–Kier alpha value is -1.60. The Morgan fingerprint density at radius 2 is 1.85 bits per heavy atom. The predicted octanol–water partition coefficient (Wildman–Crippen LogP) is 3.81. The normalized spacial score (nSPS) is 31.5. The van der Waals surface area contributed by atoms with E-state index in [4.69, 9.17) is 9.47 Å². The average Bonchev–Trinajstić information content (AvgIpc) is 3.33. The van der Waals surface area contributed by atoms with Gasteiger partial charge in [0.05, 0.1) is 19.2 Å². The number of methoxy groups -OCH3 is 2. The Morgan fingerprint density at radius 1 is 1.15 bits per heavy atom. The highest BCUT2D eigenvalue weighted by atomic mass is 32.2. The third-order valence-corrected chi connectivity index (χ3v) is 8.95. The molecule has 2 saturated carbocycles. The summed E-state index contributed by atoms with van der Waals surface area (Å²) in [6.07, 6.45) is 3.88. The summed E-state index contributed by atoms with van der Waals surface area (Å²) >= 11 is 3.20. The van der Waals surface area contributed by atoms with E-state index in [1.165, 1.54) is 30.6 Å². The van der Waals surface area contributed by atoms with Gasteiger partial charge in [-0.1, -0.05) is 11.3 Å². The van der Waals surface area contributed by atoms with Gasteiger partial charge >= 0.3 is 4.87 Å². The number of hydrogen-bond acceptors (Lipinski definition) is 6. The number of H-pyrrole nitrogens is 1. The summed E-state index contributed by atoms with van der Waals surface area (Å²) < 4.78 is 10.8. The summed E-state index contributed by atoms with van der Waals surface area (Å²) in [7, 11) is 3.10. The molecular formula is C19H21NO4S2. The lowest BCUT2D eigenvalue weighted by Crippen LogP contribution is -2.33. The van der Waals surface area contributed by atoms with Gasteiger partial charge in [0.1, 0.15) is 0 Å². The second-order valence-electron chi connectivity index (χ2n) is 7.45. The number of aromatic nitrogens is 1. The Kier molecular flexibility index (Phi) is 3.79. The van der Waals surface area contributed by atoms with Crippen LogP contribution in [0.5, 0.6) is 17.2 Å². The van der Waals surface area contributed by atoms with Crippen molar-refractivity contribution in [1.29, 1.82) is 0 Å². The molecule has 0 radical (unpaired) electrons. The summed E-state index contributed by atoms with van der Waals surface area (Å²) in [5.41, 5.74) is 1.07. The predicted molar refractivity (Wildman–Crippen MR) is 102 cm³/mol. The number of benzene rings is 1. The van der Waals surface area contributed by atoms with E-state index in [9.17, 15) is 9.90 Å². The third-order valence-electron chi connectivity index (χ3n) is 6.33. The number of hydrogen-bond donors (Lipinski definition) is 2. The lowest BCUT2D eigenvalue weighted by atomic mass is 9.75.